The van der Waals surface area contributed by atoms with Gasteiger partial charge in [-0.3, -0.25) is 4.79 Å². The Hall–Kier alpha value is -3.15. The molecule has 6 heteroatoms. The fourth-order valence-electron chi connectivity index (χ4n) is 2.10. The summed E-state index contributed by atoms with van der Waals surface area (Å²) in [6.07, 6.45) is 0. The average Bonchev–Trinajstić information content (AvgIpc) is 3.02. The lowest BCUT2D eigenvalue weighted by atomic mass is 10.2. The average molecular weight is 326 g/mol. The van der Waals surface area contributed by atoms with Gasteiger partial charge in [-0.25, -0.2) is 4.39 Å². The fourth-order valence-corrected chi connectivity index (χ4v) is 2.10. The molecule has 3 aromatic rings. The molecule has 24 heavy (non-hydrogen) atoms. The van der Waals surface area contributed by atoms with Crippen molar-refractivity contribution in [3.05, 3.63) is 77.4 Å². The van der Waals surface area contributed by atoms with Crippen LogP contribution in [0.25, 0.3) is 0 Å². The van der Waals surface area contributed by atoms with E-state index >= 15 is 0 Å². The number of amides is 1. The van der Waals surface area contributed by atoms with Crippen LogP contribution in [0.4, 0.5) is 4.39 Å². The van der Waals surface area contributed by atoms with Gasteiger partial charge in [0.05, 0.1) is 0 Å². The third-order valence-corrected chi connectivity index (χ3v) is 3.26. The normalized spacial score (nSPS) is 10.4. The maximum Gasteiger partial charge on any atom is 0.273 e. The van der Waals surface area contributed by atoms with Gasteiger partial charge in [0.1, 0.15) is 23.1 Å². The van der Waals surface area contributed by atoms with Crippen molar-refractivity contribution in [1.82, 2.24) is 10.5 Å². The van der Waals surface area contributed by atoms with Gasteiger partial charge in [-0.15, -0.1) is 0 Å². The molecule has 0 aliphatic carbocycles. The molecule has 0 bridgehead atoms. The Kier molecular flexibility index (Phi) is 4.56. The van der Waals surface area contributed by atoms with E-state index in [1.165, 1.54) is 12.1 Å². The van der Waals surface area contributed by atoms with Gasteiger partial charge in [-0.05, 0) is 48.9 Å². The lowest BCUT2D eigenvalue weighted by Gasteiger charge is -2.08. The number of carbonyl (C=O) groups excluding carboxylic acids is 1. The van der Waals surface area contributed by atoms with Crippen molar-refractivity contribution < 1.29 is 18.4 Å². The SMILES string of the molecule is Cc1cc(C(=O)NCc2cccc(Oc3ccc(F)cc3)c2)no1. The number of aryl methyl sites for hydroxylation is 1. The molecule has 0 unspecified atom stereocenters. The van der Waals surface area contributed by atoms with Crippen LogP contribution in [0, 0.1) is 12.7 Å². The van der Waals surface area contributed by atoms with Crippen molar-refractivity contribution in [3.63, 3.8) is 0 Å². The molecule has 0 aliphatic rings. The Morgan fingerprint density at radius 2 is 1.96 bits per heavy atom. The molecular formula is C18H15FN2O3. The monoisotopic (exact) mass is 326 g/mol. The summed E-state index contributed by atoms with van der Waals surface area (Å²) in [5, 5.41) is 6.43. The van der Waals surface area contributed by atoms with Gasteiger partial charge in [0.25, 0.3) is 5.91 Å². The van der Waals surface area contributed by atoms with Crippen LogP contribution >= 0.6 is 0 Å². The molecule has 0 aliphatic heterocycles. The van der Waals surface area contributed by atoms with Gasteiger partial charge in [0.2, 0.25) is 0 Å². The van der Waals surface area contributed by atoms with Gasteiger partial charge in [-0.1, -0.05) is 17.3 Å². The lowest BCUT2D eigenvalue weighted by molar-refractivity contribution is 0.0941. The zero-order valence-corrected chi connectivity index (χ0v) is 13.0. The fraction of sp³-hybridized carbons (Fsp3) is 0.111. The topological polar surface area (TPSA) is 64.4 Å². The number of carbonyl (C=O) groups is 1. The third-order valence-electron chi connectivity index (χ3n) is 3.26. The number of rotatable bonds is 5. The molecule has 0 atom stereocenters. The summed E-state index contributed by atoms with van der Waals surface area (Å²) in [6, 6.07) is 14.6. The van der Waals surface area contributed by atoms with Gasteiger partial charge in [0, 0.05) is 12.6 Å². The van der Waals surface area contributed by atoms with Crippen LogP contribution in [0.1, 0.15) is 21.8 Å². The second kappa shape index (κ2) is 6.95. The molecular weight excluding hydrogens is 311 g/mol. The largest absolute Gasteiger partial charge is 0.457 e. The number of hydrogen-bond acceptors (Lipinski definition) is 4. The van der Waals surface area contributed by atoms with Crippen molar-refractivity contribution in [2.24, 2.45) is 0 Å². The number of halogens is 1. The molecule has 0 saturated carbocycles. The molecule has 0 spiro atoms. The molecule has 0 fully saturated rings. The van der Waals surface area contributed by atoms with E-state index < -0.39 is 0 Å². The molecule has 1 amide bonds. The van der Waals surface area contributed by atoms with Crippen LogP contribution in [-0.2, 0) is 6.54 Å². The minimum atomic E-state index is -0.318. The van der Waals surface area contributed by atoms with Crippen LogP contribution in [0.3, 0.4) is 0 Å². The Morgan fingerprint density at radius 3 is 2.67 bits per heavy atom. The molecule has 3 rings (SSSR count). The maximum absolute atomic E-state index is 12.9. The maximum atomic E-state index is 12.9. The number of benzene rings is 2. The zero-order chi connectivity index (χ0) is 16.9. The minimum Gasteiger partial charge on any atom is -0.457 e. The van der Waals surface area contributed by atoms with Gasteiger partial charge in [0.15, 0.2) is 5.69 Å². The number of nitrogens with zero attached hydrogens (tertiary/aromatic N) is 1. The molecule has 122 valence electrons. The van der Waals surface area contributed by atoms with E-state index in [2.05, 4.69) is 10.5 Å². The highest BCUT2D eigenvalue weighted by atomic mass is 19.1. The summed E-state index contributed by atoms with van der Waals surface area (Å²) in [7, 11) is 0. The molecule has 2 aromatic carbocycles. The Morgan fingerprint density at radius 1 is 1.17 bits per heavy atom. The van der Waals surface area contributed by atoms with Crippen molar-refractivity contribution in [2.45, 2.75) is 13.5 Å². The first-order valence-corrected chi connectivity index (χ1v) is 7.34. The highest BCUT2D eigenvalue weighted by molar-refractivity contribution is 5.92. The van der Waals surface area contributed by atoms with Crippen molar-refractivity contribution in [1.29, 1.82) is 0 Å². The van der Waals surface area contributed by atoms with Crippen LogP contribution in [-0.4, -0.2) is 11.1 Å². The van der Waals surface area contributed by atoms with Gasteiger partial charge >= 0.3 is 0 Å². The van der Waals surface area contributed by atoms with Crippen LogP contribution in [0.5, 0.6) is 11.5 Å². The van der Waals surface area contributed by atoms with Crippen molar-refractivity contribution in [3.8, 4) is 11.5 Å². The van der Waals surface area contributed by atoms with E-state index in [9.17, 15) is 9.18 Å². The summed E-state index contributed by atoms with van der Waals surface area (Å²) in [4.78, 5) is 11.9. The van der Waals surface area contributed by atoms with Gasteiger partial charge < -0.3 is 14.6 Å². The quantitative estimate of drug-likeness (QED) is 0.773. The van der Waals surface area contributed by atoms with E-state index in [0.717, 1.165) is 5.56 Å². The molecule has 1 heterocycles. The predicted octanol–water partition coefficient (Wildman–Crippen LogP) is 3.84. The summed E-state index contributed by atoms with van der Waals surface area (Å²) in [6.45, 7) is 2.05. The smallest absolute Gasteiger partial charge is 0.273 e. The standard InChI is InChI=1S/C18H15FN2O3/c1-12-9-17(21-24-12)18(22)20-11-13-3-2-4-16(10-13)23-15-7-5-14(19)6-8-15/h2-10H,11H2,1H3,(H,20,22). The summed E-state index contributed by atoms with van der Waals surface area (Å²) < 4.78 is 23.4. The van der Waals surface area contributed by atoms with E-state index in [-0.39, 0.29) is 17.4 Å². The Bertz CT molecular complexity index is 843. The molecule has 0 saturated heterocycles. The first-order chi connectivity index (χ1) is 11.6. The summed E-state index contributed by atoms with van der Waals surface area (Å²) in [5.74, 6) is 1.09. The summed E-state index contributed by atoms with van der Waals surface area (Å²) in [5.41, 5.74) is 1.11. The van der Waals surface area contributed by atoms with Crippen molar-refractivity contribution in [2.75, 3.05) is 0 Å². The number of hydrogen-bond donors (Lipinski definition) is 1. The molecule has 0 radical (unpaired) electrons. The van der Waals surface area contributed by atoms with Crippen LogP contribution in [0.2, 0.25) is 0 Å². The second-order valence-electron chi connectivity index (χ2n) is 5.21. The Balaban J connectivity index is 1.62. The van der Waals surface area contributed by atoms with Crippen molar-refractivity contribution >= 4 is 5.91 Å². The minimum absolute atomic E-state index is 0.242. The van der Waals surface area contributed by atoms with Gasteiger partial charge in [-0.2, -0.15) is 0 Å². The number of ether oxygens (including phenoxy) is 1. The lowest BCUT2D eigenvalue weighted by Crippen LogP contribution is -2.23. The van der Waals surface area contributed by atoms with Crippen LogP contribution in [0.15, 0.2) is 59.1 Å². The first kappa shape index (κ1) is 15.7. The zero-order valence-electron chi connectivity index (χ0n) is 13.0. The number of nitrogens with one attached hydrogen (secondary N) is 1. The second-order valence-corrected chi connectivity index (χ2v) is 5.21. The first-order valence-electron chi connectivity index (χ1n) is 7.34. The van der Waals surface area contributed by atoms with E-state index in [0.29, 0.717) is 23.8 Å². The van der Waals surface area contributed by atoms with Crippen LogP contribution < -0.4 is 10.1 Å². The molecule has 5 nitrogen and oxygen atoms in total. The van der Waals surface area contributed by atoms with E-state index in [1.54, 1.807) is 37.3 Å². The molecule has 1 aromatic heterocycles. The molecule has 1 N–H and O–H groups in total. The number of aromatic nitrogens is 1. The predicted molar refractivity (Wildman–Crippen MR) is 85.3 cm³/mol. The van der Waals surface area contributed by atoms with E-state index in [4.69, 9.17) is 9.26 Å². The highest BCUT2D eigenvalue weighted by Crippen LogP contribution is 2.22. The highest BCUT2D eigenvalue weighted by Gasteiger charge is 2.10. The summed E-state index contributed by atoms with van der Waals surface area (Å²) >= 11 is 0. The van der Waals surface area contributed by atoms with E-state index in [1.807, 2.05) is 12.1 Å². The third kappa shape index (κ3) is 3.98. The Labute approximate surface area is 138 Å².